The SMILES string of the molecule is CN(C)CCCNCc1ccc2c(c1)CCCN2C. The van der Waals surface area contributed by atoms with E-state index in [1.54, 1.807) is 0 Å². The van der Waals surface area contributed by atoms with Gasteiger partial charge in [-0.1, -0.05) is 12.1 Å². The van der Waals surface area contributed by atoms with Crippen LogP contribution in [0.25, 0.3) is 0 Å². The Balaban J connectivity index is 1.81. The quantitative estimate of drug-likeness (QED) is 0.791. The summed E-state index contributed by atoms with van der Waals surface area (Å²) < 4.78 is 0. The van der Waals surface area contributed by atoms with E-state index in [2.05, 4.69) is 54.5 Å². The molecule has 0 saturated heterocycles. The van der Waals surface area contributed by atoms with E-state index in [9.17, 15) is 0 Å². The molecule has 2 rings (SSSR count). The molecular formula is C16H27N3. The van der Waals surface area contributed by atoms with Gasteiger partial charge in [-0.3, -0.25) is 0 Å². The molecule has 3 heteroatoms. The van der Waals surface area contributed by atoms with Crippen molar-refractivity contribution in [3.05, 3.63) is 29.3 Å². The normalized spacial score (nSPS) is 14.8. The van der Waals surface area contributed by atoms with Gasteiger partial charge in [0.05, 0.1) is 0 Å². The lowest BCUT2D eigenvalue weighted by molar-refractivity contribution is 0.394. The number of nitrogens with zero attached hydrogens (tertiary/aromatic N) is 2. The molecule has 0 fully saturated rings. The van der Waals surface area contributed by atoms with Crippen LogP contribution in [0, 0.1) is 0 Å². The van der Waals surface area contributed by atoms with Crippen LogP contribution in [0.2, 0.25) is 0 Å². The molecule has 1 N–H and O–H groups in total. The van der Waals surface area contributed by atoms with E-state index in [4.69, 9.17) is 0 Å². The first kappa shape index (κ1) is 14.4. The smallest absolute Gasteiger partial charge is 0.0396 e. The van der Waals surface area contributed by atoms with Crippen molar-refractivity contribution in [2.24, 2.45) is 0 Å². The summed E-state index contributed by atoms with van der Waals surface area (Å²) in [4.78, 5) is 4.60. The molecule has 0 saturated carbocycles. The minimum Gasteiger partial charge on any atom is -0.374 e. The van der Waals surface area contributed by atoms with Gasteiger partial charge in [0.25, 0.3) is 0 Å². The third-order valence-corrected chi connectivity index (χ3v) is 3.78. The van der Waals surface area contributed by atoms with Crippen LogP contribution in [0.1, 0.15) is 24.0 Å². The number of aryl methyl sites for hydroxylation is 1. The molecule has 0 amide bonds. The van der Waals surface area contributed by atoms with Crippen molar-refractivity contribution in [1.82, 2.24) is 10.2 Å². The largest absolute Gasteiger partial charge is 0.374 e. The third-order valence-electron chi connectivity index (χ3n) is 3.78. The van der Waals surface area contributed by atoms with Crippen molar-refractivity contribution >= 4 is 5.69 Å². The number of anilines is 1. The van der Waals surface area contributed by atoms with Crippen LogP contribution in [-0.4, -0.2) is 45.7 Å². The highest BCUT2D eigenvalue weighted by Gasteiger charge is 2.13. The van der Waals surface area contributed by atoms with Crippen LogP contribution >= 0.6 is 0 Å². The van der Waals surface area contributed by atoms with E-state index in [1.807, 2.05) is 0 Å². The molecule has 0 atom stereocenters. The average molecular weight is 261 g/mol. The molecule has 0 aliphatic carbocycles. The summed E-state index contributed by atoms with van der Waals surface area (Å²) >= 11 is 0. The zero-order chi connectivity index (χ0) is 13.7. The van der Waals surface area contributed by atoms with Gasteiger partial charge >= 0.3 is 0 Å². The lowest BCUT2D eigenvalue weighted by Gasteiger charge is -2.27. The third kappa shape index (κ3) is 4.22. The standard InChI is InChI=1S/C16H27N3/c1-18(2)10-5-9-17-13-14-7-8-16-15(12-14)6-4-11-19(16)3/h7-8,12,17H,4-6,9-11,13H2,1-3H3. The van der Waals surface area contributed by atoms with Crippen molar-refractivity contribution in [1.29, 1.82) is 0 Å². The molecule has 1 aromatic carbocycles. The molecule has 1 aliphatic rings. The first-order valence-corrected chi connectivity index (χ1v) is 7.35. The summed E-state index contributed by atoms with van der Waals surface area (Å²) in [6, 6.07) is 6.93. The van der Waals surface area contributed by atoms with Crippen LogP contribution in [0.3, 0.4) is 0 Å². The second-order valence-corrected chi connectivity index (χ2v) is 5.82. The number of rotatable bonds is 6. The highest BCUT2D eigenvalue weighted by atomic mass is 15.1. The molecule has 3 nitrogen and oxygen atoms in total. The van der Waals surface area contributed by atoms with E-state index in [0.29, 0.717) is 0 Å². The second-order valence-electron chi connectivity index (χ2n) is 5.82. The molecule has 1 heterocycles. The fraction of sp³-hybridized carbons (Fsp3) is 0.625. The summed E-state index contributed by atoms with van der Waals surface area (Å²) in [5.74, 6) is 0. The van der Waals surface area contributed by atoms with Gasteiger partial charge in [0, 0.05) is 25.8 Å². The average Bonchev–Trinajstić information content (AvgIpc) is 2.38. The van der Waals surface area contributed by atoms with Crippen molar-refractivity contribution < 1.29 is 0 Å². The van der Waals surface area contributed by atoms with E-state index in [0.717, 1.165) is 19.6 Å². The van der Waals surface area contributed by atoms with Gasteiger partial charge in [-0.2, -0.15) is 0 Å². The van der Waals surface area contributed by atoms with E-state index in [1.165, 1.54) is 42.6 Å². The Kier molecular flexibility index (Phi) is 5.23. The van der Waals surface area contributed by atoms with E-state index < -0.39 is 0 Å². The first-order valence-electron chi connectivity index (χ1n) is 7.35. The van der Waals surface area contributed by atoms with Crippen LogP contribution in [0.15, 0.2) is 18.2 Å². The summed E-state index contributed by atoms with van der Waals surface area (Å²) in [5.41, 5.74) is 4.35. The number of benzene rings is 1. The Hall–Kier alpha value is -1.06. The summed E-state index contributed by atoms with van der Waals surface area (Å²) in [6.45, 7) is 4.43. The molecule has 0 aromatic heterocycles. The molecular weight excluding hydrogens is 234 g/mol. The maximum Gasteiger partial charge on any atom is 0.0396 e. The van der Waals surface area contributed by atoms with Crippen molar-refractivity contribution in [2.75, 3.05) is 45.7 Å². The van der Waals surface area contributed by atoms with Crippen molar-refractivity contribution in [2.45, 2.75) is 25.8 Å². The van der Waals surface area contributed by atoms with Crippen molar-refractivity contribution in [3.8, 4) is 0 Å². The minimum absolute atomic E-state index is 0.990. The Morgan fingerprint density at radius 2 is 2.16 bits per heavy atom. The molecule has 1 aliphatic heterocycles. The Labute approximate surface area is 117 Å². The zero-order valence-corrected chi connectivity index (χ0v) is 12.6. The highest BCUT2D eigenvalue weighted by molar-refractivity contribution is 5.56. The van der Waals surface area contributed by atoms with Crippen LogP contribution in [0.5, 0.6) is 0 Å². The Bertz CT molecular complexity index is 401. The minimum atomic E-state index is 0.990. The summed E-state index contributed by atoms with van der Waals surface area (Å²) in [7, 11) is 6.44. The van der Waals surface area contributed by atoms with Gasteiger partial charge < -0.3 is 15.1 Å². The second kappa shape index (κ2) is 6.92. The van der Waals surface area contributed by atoms with Crippen LogP contribution < -0.4 is 10.2 Å². The van der Waals surface area contributed by atoms with Crippen LogP contribution in [-0.2, 0) is 13.0 Å². The number of hydrogen-bond acceptors (Lipinski definition) is 3. The van der Waals surface area contributed by atoms with Gasteiger partial charge in [-0.15, -0.1) is 0 Å². The maximum absolute atomic E-state index is 3.53. The van der Waals surface area contributed by atoms with E-state index in [-0.39, 0.29) is 0 Å². The molecule has 0 spiro atoms. The predicted molar refractivity (Wildman–Crippen MR) is 82.9 cm³/mol. The fourth-order valence-corrected chi connectivity index (χ4v) is 2.70. The molecule has 1 aromatic rings. The lowest BCUT2D eigenvalue weighted by Crippen LogP contribution is -2.25. The first-order chi connectivity index (χ1) is 9.16. The predicted octanol–water partition coefficient (Wildman–Crippen LogP) is 2.11. The summed E-state index contributed by atoms with van der Waals surface area (Å²) in [5, 5.41) is 3.53. The van der Waals surface area contributed by atoms with Gasteiger partial charge in [-0.25, -0.2) is 0 Å². The molecule has 0 radical (unpaired) electrons. The van der Waals surface area contributed by atoms with Gasteiger partial charge in [0.15, 0.2) is 0 Å². The monoisotopic (exact) mass is 261 g/mol. The van der Waals surface area contributed by atoms with Gasteiger partial charge in [0.2, 0.25) is 0 Å². The Morgan fingerprint density at radius 1 is 1.32 bits per heavy atom. The summed E-state index contributed by atoms with van der Waals surface area (Å²) in [6.07, 6.45) is 3.72. The lowest BCUT2D eigenvalue weighted by atomic mass is 9.99. The molecule has 19 heavy (non-hydrogen) atoms. The van der Waals surface area contributed by atoms with Gasteiger partial charge in [-0.05, 0) is 63.6 Å². The molecule has 106 valence electrons. The van der Waals surface area contributed by atoms with E-state index >= 15 is 0 Å². The maximum atomic E-state index is 3.53. The topological polar surface area (TPSA) is 18.5 Å². The highest BCUT2D eigenvalue weighted by Crippen LogP contribution is 2.26. The zero-order valence-electron chi connectivity index (χ0n) is 12.6. The molecule has 0 unspecified atom stereocenters. The van der Waals surface area contributed by atoms with Crippen LogP contribution in [0.4, 0.5) is 5.69 Å². The number of nitrogens with one attached hydrogen (secondary N) is 1. The number of fused-ring (bicyclic) bond motifs is 1. The Morgan fingerprint density at radius 3 is 2.95 bits per heavy atom. The van der Waals surface area contributed by atoms with Crippen molar-refractivity contribution in [3.63, 3.8) is 0 Å². The van der Waals surface area contributed by atoms with Gasteiger partial charge in [0.1, 0.15) is 0 Å². The fourth-order valence-electron chi connectivity index (χ4n) is 2.70. The number of hydrogen-bond donors (Lipinski definition) is 1. The molecule has 0 bridgehead atoms.